The molecule has 2 atom stereocenters. The molecule has 6 heteroatoms. The second-order valence-electron chi connectivity index (χ2n) is 22.8. The molecule has 3 N–H and O–H groups in total. The van der Waals surface area contributed by atoms with Gasteiger partial charge in [-0.05, 0) is 57.8 Å². The molecule has 0 radical (unpaired) electrons. The summed E-state index contributed by atoms with van der Waals surface area (Å²) in [5, 5.41) is 23.2. The largest absolute Gasteiger partial charge is 0.466 e. The fourth-order valence-electron chi connectivity index (χ4n) is 10.4. The van der Waals surface area contributed by atoms with Crippen molar-refractivity contribution < 1.29 is 24.5 Å². The lowest BCUT2D eigenvalue weighted by Crippen LogP contribution is -2.45. The number of carbonyl (C=O) groups excluding carboxylic acids is 2. The first-order valence-corrected chi connectivity index (χ1v) is 33.1. The number of carbonyl (C=O) groups is 2. The zero-order valence-electron chi connectivity index (χ0n) is 49.4. The molecule has 0 heterocycles. The Labute approximate surface area is 456 Å². The number of amides is 1. The minimum absolute atomic E-state index is 0.00732. The predicted molar refractivity (Wildman–Crippen MR) is 320 cm³/mol. The van der Waals surface area contributed by atoms with Crippen LogP contribution in [0, 0.1) is 0 Å². The van der Waals surface area contributed by atoms with E-state index in [2.05, 4.69) is 31.3 Å². The first kappa shape index (κ1) is 71.3. The maximum absolute atomic E-state index is 12.5. The van der Waals surface area contributed by atoms with Gasteiger partial charge in [-0.15, -0.1) is 0 Å². The lowest BCUT2D eigenvalue weighted by atomic mass is 10.0. The van der Waals surface area contributed by atoms with Gasteiger partial charge in [0.2, 0.25) is 5.91 Å². The van der Waals surface area contributed by atoms with Crippen molar-refractivity contribution in [3.05, 3.63) is 24.3 Å². The monoisotopic (exact) mass is 1030 g/mol. The van der Waals surface area contributed by atoms with Crippen LogP contribution in [-0.4, -0.2) is 47.4 Å². The number of hydrogen-bond acceptors (Lipinski definition) is 5. The number of aliphatic hydroxyl groups is 2. The number of hydrogen-bond donors (Lipinski definition) is 3. The van der Waals surface area contributed by atoms with Crippen LogP contribution in [0.15, 0.2) is 24.3 Å². The minimum Gasteiger partial charge on any atom is -0.466 e. The van der Waals surface area contributed by atoms with E-state index in [-0.39, 0.29) is 18.5 Å². The molecule has 0 saturated carbocycles. The van der Waals surface area contributed by atoms with Crippen LogP contribution in [0.25, 0.3) is 0 Å². The van der Waals surface area contributed by atoms with Gasteiger partial charge in [0.05, 0.1) is 25.4 Å². The summed E-state index contributed by atoms with van der Waals surface area (Å²) in [6.45, 7) is 4.92. The molecule has 0 aromatic heterocycles. The minimum atomic E-state index is -0.846. The molecular formula is C67H129NO5. The highest BCUT2D eigenvalue weighted by Crippen LogP contribution is 2.18. The highest BCUT2D eigenvalue weighted by molar-refractivity contribution is 5.76. The normalized spacial score (nSPS) is 12.7. The van der Waals surface area contributed by atoms with Gasteiger partial charge in [0.1, 0.15) is 0 Å². The van der Waals surface area contributed by atoms with E-state index in [9.17, 15) is 19.8 Å². The van der Waals surface area contributed by atoms with E-state index >= 15 is 0 Å². The molecule has 0 aliphatic carbocycles. The van der Waals surface area contributed by atoms with E-state index in [1.54, 1.807) is 6.08 Å². The summed E-state index contributed by atoms with van der Waals surface area (Å²) in [6.07, 6.45) is 78.0. The SMILES string of the molecule is CCCCCCCC/C=C\CCCCCCCCCC(=O)OCCCCCCCCCCCCCCCCCCCCCCC(=O)NC(CO)C(O)/C=C/CCCCCCCCCCCCCCCCCCC. The van der Waals surface area contributed by atoms with Crippen LogP contribution in [0.2, 0.25) is 0 Å². The van der Waals surface area contributed by atoms with Crippen molar-refractivity contribution >= 4 is 11.9 Å². The molecule has 0 aliphatic rings. The molecule has 0 aromatic carbocycles. The fraction of sp³-hybridized carbons (Fsp3) is 0.910. The molecular weight excluding hydrogens is 899 g/mol. The molecule has 0 saturated heterocycles. The van der Waals surface area contributed by atoms with Gasteiger partial charge >= 0.3 is 5.97 Å². The van der Waals surface area contributed by atoms with Crippen LogP contribution in [-0.2, 0) is 14.3 Å². The van der Waals surface area contributed by atoms with Crippen molar-refractivity contribution in [2.24, 2.45) is 0 Å². The van der Waals surface area contributed by atoms with Gasteiger partial charge in [0.15, 0.2) is 0 Å². The third-order valence-corrected chi connectivity index (χ3v) is 15.5. The summed E-state index contributed by atoms with van der Waals surface area (Å²) in [6, 6.07) is -0.630. The summed E-state index contributed by atoms with van der Waals surface area (Å²) < 4.78 is 5.50. The number of aliphatic hydroxyl groups excluding tert-OH is 2. The van der Waals surface area contributed by atoms with Crippen molar-refractivity contribution in [1.29, 1.82) is 0 Å². The van der Waals surface area contributed by atoms with Gasteiger partial charge in [0.25, 0.3) is 0 Å². The van der Waals surface area contributed by atoms with Crippen LogP contribution in [0.3, 0.4) is 0 Å². The highest BCUT2D eigenvalue weighted by atomic mass is 16.5. The summed E-state index contributed by atoms with van der Waals surface area (Å²) in [5.41, 5.74) is 0. The fourth-order valence-corrected chi connectivity index (χ4v) is 10.4. The Morgan fingerprint density at radius 2 is 0.644 bits per heavy atom. The molecule has 0 aromatic rings. The van der Waals surface area contributed by atoms with Crippen molar-refractivity contribution in [3.63, 3.8) is 0 Å². The van der Waals surface area contributed by atoms with Crippen molar-refractivity contribution in [1.82, 2.24) is 5.32 Å². The Morgan fingerprint density at radius 3 is 0.973 bits per heavy atom. The predicted octanol–water partition coefficient (Wildman–Crippen LogP) is 21.0. The van der Waals surface area contributed by atoms with Crippen LogP contribution < -0.4 is 5.32 Å². The molecule has 0 aliphatic heterocycles. The highest BCUT2D eigenvalue weighted by Gasteiger charge is 2.18. The molecule has 2 unspecified atom stereocenters. The first-order valence-electron chi connectivity index (χ1n) is 33.1. The van der Waals surface area contributed by atoms with Gasteiger partial charge < -0.3 is 20.3 Å². The van der Waals surface area contributed by atoms with Crippen LogP contribution >= 0.6 is 0 Å². The second-order valence-corrected chi connectivity index (χ2v) is 22.8. The Morgan fingerprint density at radius 1 is 0.370 bits per heavy atom. The van der Waals surface area contributed by atoms with Gasteiger partial charge in [-0.1, -0.05) is 321 Å². The van der Waals surface area contributed by atoms with Gasteiger partial charge in [-0.25, -0.2) is 0 Å². The molecule has 6 nitrogen and oxygen atoms in total. The molecule has 1 amide bonds. The van der Waals surface area contributed by atoms with E-state index in [0.717, 1.165) is 44.9 Å². The maximum atomic E-state index is 12.5. The summed E-state index contributed by atoms with van der Waals surface area (Å²) in [7, 11) is 0. The average Bonchev–Trinajstić information content (AvgIpc) is 3.39. The number of allylic oxidation sites excluding steroid dienone is 3. The van der Waals surface area contributed by atoms with Gasteiger partial charge in [-0.2, -0.15) is 0 Å². The number of rotatable bonds is 62. The number of ether oxygens (including phenoxy) is 1. The molecule has 0 spiro atoms. The lowest BCUT2D eigenvalue weighted by molar-refractivity contribution is -0.143. The molecule has 0 fully saturated rings. The smallest absolute Gasteiger partial charge is 0.305 e. The summed E-state index contributed by atoms with van der Waals surface area (Å²) in [4.78, 5) is 24.6. The zero-order chi connectivity index (χ0) is 52.9. The topological polar surface area (TPSA) is 95.9 Å². The van der Waals surface area contributed by atoms with Crippen molar-refractivity contribution in [2.75, 3.05) is 13.2 Å². The van der Waals surface area contributed by atoms with E-state index < -0.39 is 12.1 Å². The third-order valence-electron chi connectivity index (χ3n) is 15.5. The van der Waals surface area contributed by atoms with Crippen molar-refractivity contribution in [2.45, 2.75) is 379 Å². The Bertz CT molecular complexity index is 1140. The third kappa shape index (κ3) is 59.4. The van der Waals surface area contributed by atoms with E-state index in [1.807, 2.05) is 6.08 Å². The van der Waals surface area contributed by atoms with Gasteiger partial charge in [0, 0.05) is 12.8 Å². The number of unbranched alkanes of at least 4 members (excludes halogenated alkanes) is 49. The number of nitrogens with one attached hydrogen (secondary N) is 1. The van der Waals surface area contributed by atoms with Gasteiger partial charge in [-0.3, -0.25) is 9.59 Å². The summed E-state index contributed by atoms with van der Waals surface area (Å²) in [5.74, 6) is -0.0593. The molecule has 73 heavy (non-hydrogen) atoms. The van der Waals surface area contributed by atoms with Crippen LogP contribution in [0.1, 0.15) is 367 Å². The zero-order valence-corrected chi connectivity index (χ0v) is 49.4. The first-order chi connectivity index (χ1) is 36.0. The molecule has 0 bridgehead atoms. The Kier molecular flexibility index (Phi) is 61.4. The summed E-state index contributed by atoms with van der Waals surface area (Å²) >= 11 is 0. The van der Waals surface area contributed by atoms with Crippen LogP contribution in [0.4, 0.5) is 0 Å². The van der Waals surface area contributed by atoms with Crippen LogP contribution in [0.5, 0.6) is 0 Å². The standard InChI is InChI=1S/C67H129NO5/c1-3-5-7-9-11-13-15-17-19-21-24-28-31-35-39-43-47-51-55-59-65(70)64(63-69)68-66(71)60-56-52-48-44-40-36-32-29-25-22-23-26-30-34-38-42-46-50-54-58-62-73-67(72)61-57-53-49-45-41-37-33-27-20-18-16-14-12-10-8-6-4-2/h18,20,55,59,64-65,69-70H,3-17,19,21-54,56-58,60-63H2,1-2H3,(H,68,71)/b20-18-,59-55+. The quantitative estimate of drug-likeness (QED) is 0.0320. The van der Waals surface area contributed by atoms with E-state index in [0.29, 0.717) is 19.4 Å². The van der Waals surface area contributed by atoms with E-state index in [4.69, 9.17) is 4.74 Å². The van der Waals surface area contributed by atoms with E-state index in [1.165, 1.54) is 295 Å². The Balaban J connectivity index is 3.41. The molecule has 0 rings (SSSR count). The average molecular weight is 1030 g/mol. The van der Waals surface area contributed by atoms with Crippen molar-refractivity contribution in [3.8, 4) is 0 Å². The lowest BCUT2D eigenvalue weighted by Gasteiger charge is -2.20. The number of esters is 1. The second kappa shape index (κ2) is 62.9. The molecule has 432 valence electrons. The maximum Gasteiger partial charge on any atom is 0.305 e. The Hall–Kier alpha value is -1.66.